The Morgan fingerprint density at radius 1 is 0.952 bits per heavy atom. The molecule has 1 aliphatic carbocycles. The first-order valence-electron chi connectivity index (χ1n) is 7.69. The maximum atomic E-state index is 10.9. The minimum atomic E-state index is -0.628. The van der Waals surface area contributed by atoms with Crippen LogP contribution in [0.2, 0.25) is 0 Å². The summed E-state index contributed by atoms with van der Waals surface area (Å²) in [5.41, 5.74) is 3.14. The first-order chi connectivity index (χ1) is 10.2. The third-order valence-electron chi connectivity index (χ3n) is 3.88. The Kier molecular flexibility index (Phi) is 3.98. The van der Waals surface area contributed by atoms with Crippen molar-refractivity contribution in [1.29, 1.82) is 0 Å². The van der Waals surface area contributed by atoms with Gasteiger partial charge >= 0.3 is 0 Å². The number of hydrogen-bond donors (Lipinski definition) is 1. The average Bonchev–Trinajstić information content (AvgIpc) is 3.31. The van der Waals surface area contributed by atoms with Crippen LogP contribution in [0.25, 0.3) is 0 Å². The molecule has 21 heavy (non-hydrogen) atoms. The standard InChI is InChI=1S/C19H22O2/c1-13(2)21-18-10-6-5-9-17(18)19(20)16-8-4-3-7-15(16)14-11-12-14/h3-10,13-14,19-20H,11-12H2,1-2H3. The molecule has 0 bridgehead atoms. The van der Waals surface area contributed by atoms with E-state index < -0.39 is 6.10 Å². The SMILES string of the molecule is CC(C)Oc1ccccc1C(O)c1ccccc1C1CC1. The van der Waals surface area contributed by atoms with E-state index in [4.69, 9.17) is 4.74 Å². The number of ether oxygens (including phenoxy) is 1. The van der Waals surface area contributed by atoms with E-state index in [0.717, 1.165) is 16.9 Å². The molecular formula is C19H22O2. The van der Waals surface area contributed by atoms with Gasteiger partial charge in [-0.15, -0.1) is 0 Å². The molecule has 0 aliphatic heterocycles. The molecule has 0 radical (unpaired) electrons. The van der Waals surface area contributed by atoms with Gasteiger partial charge in [-0.2, -0.15) is 0 Å². The van der Waals surface area contributed by atoms with Crippen LogP contribution in [0.1, 0.15) is 55.4 Å². The minimum Gasteiger partial charge on any atom is -0.491 e. The fraction of sp³-hybridized carbons (Fsp3) is 0.368. The largest absolute Gasteiger partial charge is 0.491 e. The topological polar surface area (TPSA) is 29.5 Å². The zero-order valence-corrected chi connectivity index (χ0v) is 12.6. The molecule has 2 nitrogen and oxygen atoms in total. The Hall–Kier alpha value is -1.80. The highest BCUT2D eigenvalue weighted by molar-refractivity contribution is 5.44. The second-order valence-electron chi connectivity index (χ2n) is 6.01. The highest BCUT2D eigenvalue weighted by atomic mass is 16.5. The van der Waals surface area contributed by atoms with Crippen molar-refractivity contribution in [2.45, 2.75) is 44.8 Å². The summed E-state index contributed by atoms with van der Waals surface area (Å²) in [6, 6.07) is 16.0. The molecule has 1 saturated carbocycles. The maximum Gasteiger partial charge on any atom is 0.125 e. The molecule has 2 aromatic rings. The molecule has 0 saturated heterocycles. The molecule has 1 aliphatic rings. The summed E-state index contributed by atoms with van der Waals surface area (Å²) < 4.78 is 5.84. The van der Waals surface area contributed by atoms with Gasteiger partial charge in [0.25, 0.3) is 0 Å². The number of hydrogen-bond acceptors (Lipinski definition) is 2. The fourth-order valence-corrected chi connectivity index (χ4v) is 2.76. The molecular weight excluding hydrogens is 260 g/mol. The van der Waals surface area contributed by atoms with E-state index in [1.807, 2.05) is 50.2 Å². The van der Waals surface area contributed by atoms with Gasteiger partial charge < -0.3 is 9.84 Å². The lowest BCUT2D eigenvalue weighted by Crippen LogP contribution is -2.10. The van der Waals surface area contributed by atoms with Gasteiger partial charge in [0.2, 0.25) is 0 Å². The Labute approximate surface area is 126 Å². The maximum absolute atomic E-state index is 10.9. The molecule has 1 atom stereocenters. The molecule has 3 rings (SSSR count). The smallest absolute Gasteiger partial charge is 0.125 e. The van der Waals surface area contributed by atoms with Crippen molar-refractivity contribution in [3.63, 3.8) is 0 Å². The van der Waals surface area contributed by atoms with Crippen molar-refractivity contribution in [3.8, 4) is 5.75 Å². The minimum absolute atomic E-state index is 0.0945. The average molecular weight is 282 g/mol. The van der Waals surface area contributed by atoms with Crippen molar-refractivity contribution in [2.24, 2.45) is 0 Å². The van der Waals surface area contributed by atoms with Crippen LogP contribution < -0.4 is 4.74 Å². The van der Waals surface area contributed by atoms with Crippen molar-refractivity contribution in [2.75, 3.05) is 0 Å². The number of benzene rings is 2. The Morgan fingerprint density at radius 3 is 2.24 bits per heavy atom. The van der Waals surface area contributed by atoms with Gasteiger partial charge in [0.1, 0.15) is 11.9 Å². The molecule has 2 aromatic carbocycles. The normalized spacial score (nSPS) is 16.0. The summed E-state index contributed by atoms with van der Waals surface area (Å²) in [4.78, 5) is 0. The van der Waals surface area contributed by atoms with Gasteiger partial charge in [-0.3, -0.25) is 0 Å². The molecule has 0 aromatic heterocycles. The van der Waals surface area contributed by atoms with E-state index in [-0.39, 0.29) is 6.10 Å². The van der Waals surface area contributed by atoms with Gasteiger partial charge in [0.15, 0.2) is 0 Å². The summed E-state index contributed by atoms with van der Waals surface area (Å²) in [7, 11) is 0. The predicted molar refractivity (Wildman–Crippen MR) is 84.7 cm³/mol. The predicted octanol–water partition coefficient (Wildman–Crippen LogP) is 4.43. The molecule has 0 heterocycles. The van der Waals surface area contributed by atoms with Gasteiger partial charge in [0, 0.05) is 5.56 Å². The summed E-state index contributed by atoms with van der Waals surface area (Å²) >= 11 is 0. The molecule has 110 valence electrons. The first-order valence-corrected chi connectivity index (χ1v) is 7.69. The quantitative estimate of drug-likeness (QED) is 0.879. The van der Waals surface area contributed by atoms with E-state index in [9.17, 15) is 5.11 Å². The second-order valence-corrected chi connectivity index (χ2v) is 6.01. The van der Waals surface area contributed by atoms with E-state index >= 15 is 0 Å². The van der Waals surface area contributed by atoms with E-state index in [0.29, 0.717) is 5.92 Å². The van der Waals surface area contributed by atoms with Crippen LogP contribution in [0.3, 0.4) is 0 Å². The van der Waals surface area contributed by atoms with Gasteiger partial charge in [0.05, 0.1) is 6.10 Å². The van der Waals surface area contributed by atoms with E-state index in [2.05, 4.69) is 12.1 Å². The fourth-order valence-electron chi connectivity index (χ4n) is 2.76. The molecule has 1 unspecified atom stereocenters. The lowest BCUT2D eigenvalue weighted by molar-refractivity contribution is 0.197. The number of aliphatic hydroxyl groups is 1. The van der Waals surface area contributed by atoms with Crippen LogP contribution in [-0.4, -0.2) is 11.2 Å². The van der Waals surface area contributed by atoms with Gasteiger partial charge in [-0.05, 0) is 49.8 Å². The lowest BCUT2D eigenvalue weighted by atomic mass is 9.94. The first kappa shape index (κ1) is 14.2. The summed E-state index contributed by atoms with van der Waals surface area (Å²) in [6.07, 6.45) is 1.93. The third-order valence-corrected chi connectivity index (χ3v) is 3.88. The van der Waals surface area contributed by atoms with Crippen LogP contribution in [0, 0.1) is 0 Å². The van der Waals surface area contributed by atoms with E-state index in [1.54, 1.807) is 0 Å². The van der Waals surface area contributed by atoms with Crippen LogP contribution in [0.15, 0.2) is 48.5 Å². The number of para-hydroxylation sites is 1. The highest BCUT2D eigenvalue weighted by Crippen LogP contribution is 2.44. The molecule has 0 spiro atoms. The van der Waals surface area contributed by atoms with Crippen molar-refractivity contribution in [1.82, 2.24) is 0 Å². The molecule has 0 amide bonds. The number of aliphatic hydroxyl groups excluding tert-OH is 1. The number of rotatable bonds is 5. The second kappa shape index (κ2) is 5.90. The van der Waals surface area contributed by atoms with Gasteiger partial charge in [-0.1, -0.05) is 42.5 Å². The Balaban J connectivity index is 1.97. The van der Waals surface area contributed by atoms with Crippen molar-refractivity contribution in [3.05, 3.63) is 65.2 Å². The zero-order valence-electron chi connectivity index (χ0n) is 12.6. The molecule has 2 heteroatoms. The van der Waals surface area contributed by atoms with E-state index in [1.165, 1.54) is 18.4 Å². The van der Waals surface area contributed by atoms with Crippen LogP contribution >= 0.6 is 0 Å². The summed E-state index contributed by atoms with van der Waals surface area (Å²) in [5.74, 6) is 1.39. The van der Waals surface area contributed by atoms with Crippen molar-refractivity contribution < 1.29 is 9.84 Å². The third kappa shape index (κ3) is 3.11. The van der Waals surface area contributed by atoms with Crippen LogP contribution in [0.4, 0.5) is 0 Å². The lowest BCUT2D eigenvalue weighted by Gasteiger charge is -2.20. The highest BCUT2D eigenvalue weighted by Gasteiger charge is 2.28. The van der Waals surface area contributed by atoms with Gasteiger partial charge in [-0.25, -0.2) is 0 Å². The summed E-state index contributed by atoms with van der Waals surface area (Å²) in [6.45, 7) is 4.00. The zero-order chi connectivity index (χ0) is 14.8. The van der Waals surface area contributed by atoms with Crippen molar-refractivity contribution >= 4 is 0 Å². The molecule has 1 fully saturated rings. The van der Waals surface area contributed by atoms with Crippen LogP contribution in [0.5, 0.6) is 5.75 Å². The molecule has 1 N–H and O–H groups in total. The Bertz CT molecular complexity index is 614. The summed E-state index contributed by atoms with van der Waals surface area (Å²) in [5, 5.41) is 10.9. The monoisotopic (exact) mass is 282 g/mol. The Morgan fingerprint density at radius 2 is 1.57 bits per heavy atom. The van der Waals surface area contributed by atoms with Crippen LogP contribution in [-0.2, 0) is 0 Å².